The number of benzene rings is 1. The smallest absolute Gasteiger partial charge is 0.318 e. The average Bonchev–Trinajstić information content (AvgIpc) is 3.59. The summed E-state index contributed by atoms with van der Waals surface area (Å²) in [5.41, 5.74) is 1.03. The predicted molar refractivity (Wildman–Crippen MR) is 126 cm³/mol. The van der Waals surface area contributed by atoms with Crippen molar-refractivity contribution >= 4 is 15.9 Å². The number of sulfone groups is 1. The first-order valence-corrected chi connectivity index (χ1v) is 13.2. The van der Waals surface area contributed by atoms with E-state index in [1.54, 1.807) is 21.6 Å². The second kappa shape index (κ2) is 11.0. The van der Waals surface area contributed by atoms with Crippen LogP contribution in [0.5, 0.6) is 0 Å². The van der Waals surface area contributed by atoms with Crippen LogP contribution in [0.25, 0.3) is 0 Å². The number of carbonyl (C=O) groups is 1. The molecule has 0 bridgehead atoms. The zero-order valence-corrected chi connectivity index (χ0v) is 20.3. The van der Waals surface area contributed by atoms with Gasteiger partial charge in [0.1, 0.15) is 11.6 Å². The topological polar surface area (TPSA) is 107 Å². The molecule has 11 heteroatoms. The first-order valence-electron chi connectivity index (χ1n) is 11.5. The van der Waals surface area contributed by atoms with Crippen molar-refractivity contribution in [3.63, 3.8) is 0 Å². The number of urea groups is 1. The third-order valence-electron chi connectivity index (χ3n) is 5.75. The van der Waals surface area contributed by atoms with Crippen LogP contribution in [0.4, 0.5) is 9.18 Å². The lowest BCUT2D eigenvalue weighted by Gasteiger charge is -2.23. The van der Waals surface area contributed by atoms with Crippen LogP contribution in [0, 0.1) is 5.82 Å². The zero-order chi connectivity index (χ0) is 24.8. The number of nitrogens with zero attached hydrogens (tertiary/aromatic N) is 3. The highest BCUT2D eigenvalue weighted by atomic mass is 32.2. The zero-order valence-electron chi connectivity index (χ0n) is 19.5. The fourth-order valence-electron chi connectivity index (χ4n) is 4.07. The lowest BCUT2D eigenvalue weighted by atomic mass is 10.2. The van der Waals surface area contributed by atoms with E-state index < -0.39 is 15.7 Å². The van der Waals surface area contributed by atoms with E-state index in [2.05, 4.69) is 10.3 Å². The maximum Gasteiger partial charge on any atom is 0.318 e. The van der Waals surface area contributed by atoms with E-state index >= 15 is 0 Å². The van der Waals surface area contributed by atoms with Gasteiger partial charge in [0.25, 0.3) is 0 Å². The molecule has 9 nitrogen and oxygen atoms in total. The van der Waals surface area contributed by atoms with Crippen LogP contribution in [-0.4, -0.2) is 48.2 Å². The minimum Gasteiger partial charge on any atom is -0.467 e. The van der Waals surface area contributed by atoms with Crippen LogP contribution in [0.1, 0.15) is 36.8 Å². The van der Waals surface area contributed by atoms with Crippen LogP contribution < -0.4 is 5.32 Å². The third kappa shape index (κ3) is 6.29. The second-order valence-electron chi connectivity index (χ2n) is 8.43. The fourth-order valence-corrected chi connectivity index (χ4v) is 5.57. The summed E-state index contributed by atoms with van der Waals surface area (Å²) in [5, 5.41) is 2.69. The SMILES string of the molecule is CCNC(=O)N(Cc1ccco1)Cc1cnc(S(=O)(=O)Cc2ccc(F)cc2)n1C[C@@H]1CCCO1. The minimum atomic E-state index is -3.86. The van der Waals surface area contributed by atoms with Crippen LogP contribution >= 0.6 is 0 Å². The lowest BCUT2D eigenvalue weighted by Crippen LogP contribution is -2.39. The molecule has 3 aromatic rings. The maximum atomic E-state index is 13.3. The van der Waals surface area contributed by atoms with Gasteiger partial charge < -0.3 is 23.9 Å². The number of hydrogen-bond acceptors (Lipinski definition) is 6. The van der Waals surface area contributed by atoms with Gasteiger partial charge in [-0.2, -0.15) is 0 Å². The van der Waals surface area contributed by atoms with Crippen molar-refractivity contribution in [1.29, 1.82) is 0 Å². The number of carbonyl (C=O) groups excluding carboxylic acids is 1. The van der Waals surface area contributed by atoms with E-state index in [1.807, 2.05) is 6.92 Å². The van der Waals surface area contributed by atoms with E-state index in [9.17, 15) is 17.6 Å². The molecule has 3 heterocycles. The number of rotatable bonds is 10. The highest BCUT2D eigenvalue weighted by Crippen LogP contribution is 2.23. The third-order valence-corrected chi connectivity index (χ3v) is 7.35. The van der Waals surface area contributed by atoms with Gasteiger partial charge in [0.2, 0.25) is 15.0 Å². The Hall–Kier alpha value is -3.18. The summed E-state index contributed by atoms with van der Waals surface area (Å²) in [6, 6.07) is 8.57. The van der Waals surface area contributed by atoms with E-state index in [1.165, 1.54) is 36.7 Å². The summed E-state index contributed by atoms with van der Waals surface area (Å²) in [6.07, 6.45) is 4.58. The molecule has 0 saturated carbocycles. The molecule has 1 aliphatic rings. The van der Waals surface area contributed by atoms with Gasteiger partial charge in [-0.3, -0.25) is 0 Å². The van der Waals surface area contributed by atoms with Crippen molar-refractivity contribution in [3.8, 4) is 0 Å². The van der Waals surface area contributed by atoms with Crippen LogP contribution in [0.15, 0.2) is 58.4 Å². The van der Waals surface area contributed by atoms with Crippen LogP contribution in [0.2, 0.25) is 0 Å². The highest BCUT2D eigenvalue weighted by Gasteiger charge is 2.28. The largest absolute Gasteiger partial charge is 0.467 e. The molecule has 0 radical (unpaired) electrons. The van der Waals surface area contributed by atoms with Crippen molar-refractivity contribution in [2.24, 2.45) is 0 Å². The molecular weight excluding hydrogens is 475 g/mol. The number of imidazole rings is 1. The lowest BCUT2D eigenvalue weighted by molar-refractivity contribution is 0.0934. The molecule has 0 aliphatic carbocycles. The quantitative estimate of drug-likeness (QED) is 0.453. The average molecular weight is 505 g/mol. The van der Waals surface area contributed by atoms with E-state index in [-0.39, 0.29) is 36.1 Å². The Labute approximate surface area is 203 Å². The monoisotopic (exact) mass is 504 g/mol. The summed E-state index contributed by atoms with van der Waals surface area (Å²) in [4.78, 5) is 18.6. The first kappa shape index (κ1) is 24.9. The number of nitrogens with one attached hydrogen (secondary N) is 1. The molecule has 0 spiro atoms. The summed E-state index contributed by atoms with van der Waals surface area (Å²) < 4.78 is 52.8. The van der Waals surface area contributed by atoms with Crippen molar-refractivity contribution in [1.82, 2.24) is 19.8 Å². The van der Waals surface area contributed by atoms with Gasteiger partial charge in [0, 0.05) is 13.2 Å². The minimum absolute atomic E-state index is 0.0961. The number of furan rings is 1. The summed E-state index contributed by atoms with van der Waals surface area (Å²) in [6.45, 7) is 3.53. The van der Waals surface area contributed by atoms with Crippen molar-refractivity contribution in [3.05, 3.63) is 71.7 Å². The van der Waals surface area contributed by atoms with E-state index in [4.69, 9.17) is 9.15 Å². The molecule has 1 aliphatic heterocycles. The van der Waals surface area contributed by atoms with Gasteiger partial charge in [-0.1, -0.05) is 12.1 Å². The molecule has 1 N–H and O–H groups in total. The molecule has 1 atom stereocenters. The molecule has 188 valence electrons. The van der Waals surface area contributed by atoms with Crippen LogP contribution in [0.3, 0.4) is 0 Å². The molecule has 1 saturated heterocycles. The van der Waals surface area contributed by atoms with Gasteiger partial charge in [-0.15, -0.1) is 0 Å². The standard InChI is InChI=1S/C24H29FN4O5S/c1-2-26-23(30)28(15-21-5-3-11-33-21)14-20-13-27-24(29(20)16-22-6-4-12-34-22)35(31,32)17-18-7-9-19(25)10-8-18/h3,5,7-11,13,22H,2,4,6,12,14-17H2,1H3,(H,26,30)/t22-/m0/s1. The molecule has 2 aromatic heterocycles. The Morgan fingerprint density at radius 3 is 2.71 bits per heavy atom. The second-order valence-corrected chi connectivity index (χ2v) is 10.3. The Bertz CT molecular complexity index is 1220. The Balaban J connectivity index is 1.65. The highest BCUT2D eigenvalue weighted by molar-refractivity contribution is 7.90. The van der Waals surface area contributed by atoms with E-state index in [0.717, 1.165) is 12.8 Å². The first-order chi connectivity index (χ1) is 16.9. The molecule has 4 rings (SSSR count). The fraction of sp³-hybridized carbons (Fsp3) is 0.417. The van der Waals surface area contributed by atoms with Crippen molar-refractivity contribution in [2.75, 3.05) is 13.2 Å². The summed E-state index contributed by atoms with van der Waals surface area (Å²) in [7, 11) is -3.86. The number of aromatic nitrogens is 2. The molecule has 2 amide bonds. The number of amides is 2. The maximum absolute atomic E-state index is 13.3. The number of ether oxygens (including phenoxy) is 1. The predicted octanol–water partition coefficient (Wildman–Crippen LogP) is 3.50. The Morgan fingerprint density at radius 1 is 1.26 bits per heavy atom. The Kier molecular flexibility index (Phi) is 7.86. The molecule has 1 fully saturated rings. The molecule has 0 unspecified atom stereocenters. The van der Waals surface area contributed by atoms with E-state index in [0.29, 0.717) is 36.7 Å². The molecular formula is C24H29FN4O5S. The summed E-state index contributed by atoms with van der Waals surface area (Å²) in [5.74, 6) is -0.150. The normalized spacial score (nSPS) is 15.9. The number of hydrogen-bond donors (Lipinski definition) is 1. The van der Waals surface area contributed by atoms with Crippen LogP contribution in [-0.2, 0) is 40.0 Å². The van der Waals surface area contributed by atoms with Crippen molar-refractivity contribution in [2.45, 2.75) is 56.4 Å². The molecule has 35 heavy (non-hydrogen) atoms. The Morgan fingerprint density at radius 2 is 2.06 bits per heavy atom. The van der Waals surface area contributed by atoms with Gasteiger partial charge in [0.15, 0.2) is 0 Å². The van der Waals surface area contributed by atoms with Gasteiger partial charge in [-0.05, 0) is 49.6 Å². The number of halogens is 1. The molecule has 1 aromatic carbocycles. The van der Waals surface area contributed by atoms with Gasteiger partial charge in [-0.25, -0.2) is 22.6 Å². The summed E-state index contributed by atoms with van der Waals surface area (Å²) >= 11 is 0. The van der Waals surface area contributed by atoms with Crippen molar-refractivity contribution < 1.29 is 26.8 Å². The van der Waals surface area contributed by atoms with Gasteiger partial charge in [0.05, 0.1) is 49.6 Å². The van der Waals surface area contributed by atoms with Gasteiger partial charge >= 0.3 is 6.03 Å².